The molecule has 0 bridgehead atoms. The molecule has 2 unspecified atom stereocenters. The predicted octanol–water partition coefficient (Wildman–Crippen LogP) is 1.52. The zero-order valence-electron chi connectivity index (χ0n) is 7.66. The minimum atomic E-state index is -0.0692. The molecule has 1 aliphatic rings. The van der Waals surface area contributed by atoms with Gasteiger partial charge < -0.3 is 4.90 Å². The highest BCUT2D eigenvalue weighted by Crippen LogP contribution is 2.21. The first-order chi connectivity index (χ1) is 6.19. The number of rotatable bonds is 3. The summed E-state index contributed by atoms with van der Waals surface area (Å²) in [6, 6.07) is 2.15. The summed E-state index contributed by atoms with van der Waals surface area (Å²) in [6.07, 6.45) is 1.65. The summed E-state index contributed by atoms with van der Waals surface area (Å²) < 4.78 is 0. The molecule has 1 saturated heterocycles. The van der Waals surface area contributed by atoms with Gasteiger partial charge in [-0.3, -0.25) is 4.79 Å². The zero-order valence-corrected chi connectivity index (χ0v) is 8.42. The first kappa shape index (κ1) is 10.3. The number of hydrogen-bond donors (Lipinski definition) is 0. The van der Waals surface area contributed by atoms with Gasteiger partial charge in [0.1, 0.15) is 0 Å². The van der Waals surface area contributed by atoms with Crippen molar-refractivity contribution in [3.63, 3.8) is 0 Å². The van der Waals surface area contributed by atoms with Crippen molar-refractivity contribution < 1.29 is 4.79 Å². The van der Waals surface area contributed by atoms with Crippen LogP contribution in [0.4, 0.5) is 0 Å². The van der Waals surface area contributed by atoms with E-state index >= 15 is 0 Å². The van der Waals surface area contributed by atoms with Crippen molar-refractivity contribution in [3.8, 4) is 6.07 Å². The van der Waals surface area contributed by atoms with E-state index in [1.807, 2.05) is 6.92 Å². The third kappa shape index (κ3) is 2.35. The number of carbonyl (C=O) groups excluding carboxylic acids is 1. The maximum atomic E-state index is 11.4. The van der Waals surface area contributed by atoms with E-state index in [1.165, 1.54) is 0 Å². The lowest BCUT2D eigenvalue weighted by Crippen LogP contribution is -2.36. The Morgan fingerprint density at radius 1 is 1.85 bits per heavy atom. The van der Waals surface area contributed by atoms with Crippen molar-refractivity contribution in [2.45, 2.75) is 37.6 Å². The van der Waals surface area contributed by atoms with Crippen LogP contribution >= 0.6 is 11.6 Å². The SMILES string of the molecule is CCC(CC#N)N1CC(Cl)CC1=O. The van der Waals surface area contributed by atoms with Gasteiger partial charge in [-0.15, -0.1) is 11.6 Å². The van der Waals surface area contributed by atoms with E-state index in [0.29, 0.717) is 19.4 Å². The molecule has 1 aliphatic heterocycles. The Balaban J connectivity index is 2.59. The highest BCUT2D eigenvalue weighted by molar-refractivity contribution is 6.22. The van der Waals surface area contributed by atoms with Crippen LogP contribution in [0.25, 0.3) is 0 Å². The molecule has 0 radical (unpaired) electrons. The van der Waals surface area contributed by atoms with E-state index in [9.17, 15) is 4.79 Å². The fourth-order valence-electron chi connectivity index (χ4n) is 1.62. The average molecular weight is 201 g/mol. The summed E-state index contributed by atoms with van der Waals surface area (Å²) in [7, 11) is 0. The summed E-state index contributed by atoms with van der Waals surface area (Å²) >= 11 is 5.86. The normalized spacial score (nSPS) is 24.5. The van der Waals surface area contributed by atoms with Crippen molar-refractivity contribution in [3.05, 3.63) is 0 Å². The van der Waals surface area contributed by atoms with E-state index in [2.05, 4.69) is 6.07 Å². The molecule has 1 heterocycles. The number of amides is 1. The van der Waals surface area contributed by atoms with Gasteiger partial charge in [0.05, 0.1) is 17.9 Å². The first-order valence-corrected chi connectivity index (χ1v) is 4.93. The fourth-order valence-corrected chi connectivity index (χ4v) is 1.90. The number of alkyl halides is 1. The molecular weight excluding hydrogens is 188 g/mol. The van der Waals surface area contributed by atoms with E-state index in [-0.39, 0.29) is 17.3 Å². The number of likely N-dealkylation sites (tertiary alicyclic amines) is 1. The number of carbonyl (C=O) groups is 1. The number of nitriles is 1. The Hall–Kier alpha value is -0.750. The van der Waals surface area contributed by atoms with Crippen LogP contribution in [-0.4, -0.2) is 28.8 Å². The monoisotopic (exact) mass is 200 g/mol. The van der Waals surface area contributed by atoms with Crippen LogP contribution in [-0.2, 0) is 4.79 Å². The van der Waals surface area contributed by atoms with Gasteiger partial charge in [-0.05, 0) is 6.42 Å². The van der Waals surface area contributed by atoms with Crippen LogP contribution in [0.2, 0.25) is 0 Å². The lowest BCUT2D eigenvalue weighted by molar-refractivity contribution is -0.129. The summed E-state index contributed by atoms with van der Waals surface area (Å²) in [5.74, 6) is 0.0853. The first-order valence-electron chi connectivity index (χ1n) is 4.49. The maximum absolute atomic E-state index is 11.4. The average Bonchev–Trinajstić information content (AvgIpc) is 2.41. The highest BCUT2D eigenvalue weighted by Gasteiger charge is 2.32. The van der Waals surface area contributed by atoms with Crippen LogP contribution in [0.3, 0.4) is 0 Å². The summed E-state index contributed by atoms with van der Waals surface area (Å²) in [5, 5.41) is 8.49. The summed E-state index contributed by atoms with van der Waals surface area (Å²) in [5.41, 5.74) is 0. The van der Waals surface area contributed by atoms with E-state index in [4.69, 9.17) is 16.9 Å². The van der Waals surface area contributed by atoms with Crippen molar-refractivity contribution in [1.82, 2.24) is 4.90 Å². The van der Waals surface area contributed by atoms with Crippen LogP contribution in [0.1, 0.15) is 26.2 Å². The van der Waals surface area contributed by atoms with Gasteiger partial charge in [0.25, 0.3) is 0 Å². The molecule has 1 fully saturated rings. The second-order valence-corrected chi connectivity index (χ2v) is 3.89. The van der Waals surface area contributed by atoms with Crippen molar-refractivity contribution >= 4 is 17.5 Å². The van der Waals surface area contributed by atoms with Crippen LogP contribution in [0.15, 0.2) is 0 Å². The smallest absolute Gasteiger partial charge is 0.224 e. The van der Waals surface area contributed by atoms with Crippen LogP contribution in [0, 0.1) is 11.3 Å². The molecule has 13 heavy (non-hydrogen) atoms. The fraction of sp³-hybridized carbons (Fsp3) is 0.778. The largest absolute Gasteiger partial charge is 0.337 e. The Morgan fingerprint density at radius 3 is 2.92 bits per heavy atom. The molecule has 0 aromatic heterocycles. The molecule has 0 saturated carbocycles. The molecule has 1 amide bonds. The Bertz CT molecular complexity index is 236. The molecule has 72 valence electrons. The van der Waals surface area contributed by atoms with Gasteiger partial charge in [0, 0.05) is 19.0 Å². The molecule has 3 nitrogen and oxygen atoms in total. The number of nitrogens with zero attached hydrogens (tertiary/aromatic N) is 2. The van der Waals surface area contributed by atoms with Crippen LogP contribution < -0.4 is 0 Å². The molecule has 0 N–H and O–H groups in total. The van der Waals surface area contributed by atoms with Gasteiger partial charge in [-0.25, -0.2) is 0 Å². The van der Waals surface area contributed by atoms with Gasteiger partial charge in [-0.1, -0.05) is 6.92 Å². The van der Waals surface area contributed by atoms with Crippen molar-refractivity contribution in [1.29, 1.82) is 5.26 Å². The lowest BCUT2D eigenvalue weighted by atomic mass is 10.1. The topological polar surface area (TPSA) is 44.1 Å². The molecule has 4 heteroatoms. The molecule has 0 aromatic rings. The summed E-state index contributed by atoms with van der Waals surface area (Å²) in [4.78, 5) is 13.1. The van der Waals surface area contributed by atoms with Crippen molar-refractivity contribution in [2.75, 3.05) is 6.54 Å². The van der Waals surface area contributed by atoms with Gasteiger partial charge in [0.15, 0.2) is 0 Å². The van der Waals surface area contributed by atoms with E-state index in [1.54, 1.807) is 4.90 Å². The molecular formula is C9H13ClN2O. The minimum Gasteiger partial charge on any atom is -0.337 e. The molecule has 0 aromatic carbocycles. The Labute approximate surface area is 83.3 Å². The Morgan fingerprint density at radius 2 is 2.54 bits per heavy atom. The van der Waals surface area contributed by atoms with Gasteiger partial charge in [0.2, 0.25) is 5.91 Å². The van der Waals surface area contributed by atoms with Crippen LogP contribution in [0.5, 0.6) is 0 Å². The standard InChI is InChI=1S/C9H13ClN2O/c1-2-8(3-4-11)12-6-7(10)5-9(12)13/h7-8H,2-3,5-6H2,1H3. The number of halogens is 1. The maximum Gasteiger partial charge on any atom is 0.224 e. The number of hydrogen-bond acceptors (Lipinski definition) is 2. The second-order valence-electron chi connectivity index (χ2n) is 3.27. The lowest BCUT2D eigenvalue weighted by Gasteiger charge is -2.24. The minimum absolute atomic E-state index is 0.0567. The van der Waals surface area contributed by atoms with Gasteiger partial charge in [-0.2, -0.15) is 5.26 Å². The zero-order chi connectivity index (χ0) is 9.84. The second kappa shape index (κ2) is 4.48. The third-order valence-electron chi connectivity index (χ3n) is 2.35. The molecule has 0 spiro atoms. The van der Waals surface area contributed by atoms with E-state index in [0.717, 1.165) is 6.42 Å². The quantitative estimate of drug-likeness (QED) is 0.649. The van der Waals surface area contributed by atoms with E-state index < -0.39 is 0 Å². The Kier molecular flexibility index (Phi) is 3.56. The molecule has 0 aliphatic carbocycles. The summed E-state index contributed by atoms with van der Waals surface area (Å²) in [6.45, 7) is 2.58. The van der Waals surface area contributed by atoms with Crippen molar-refractivity contribution in [2.24, 2.45) is 0 Å². The van der Waals surface area contributed by atoms with Gasteiger partial charge >= 0.3 is 0 Å². The predicted molar refractivity (Wildman–Crippen MR) is 50.3 cm³/mol. The molecule has 1 rings (SSSR count). The third-order valence-corrected chi connectivity index (χ3v) is 2.64. The molecule has 2 atom stereocenters. The highest BCUT2D eigenvalue weighted by atomic mass is 35.5.